The number of nitrogens with one attached hydrogen (secondary N) is 1. The number of hydrogen-bond donors (Lipinski definition) is 1. The first-order valence-electron chi connectivity index (χ1n) is 11.7. The maximum atomic E-state index is 13.3. The van der Waals surface area contributed by atoms with E-state index in [-0.39, 0.29) is 12.5 Å². The highest BCUT2D eigenvalue weighted by Crippen LogP contribution is 2.29. The van der Waals surface area contributed by atoms with Gasteiger partial charge in [0.1, 0.15) is 0 Å². The fraction of sp³-hybridized carbons (Fsp3) is 0.370. The molecule has 1 N–H and O–H groups in total. The van der Waals surface area contributed by atoms with Gasteiger partial charge in [0.05, 0.1) is 11.1 Å². The fourth-order valence-electron chi connectivity index (χ4n) is 4.57. The quantitative estimate of drug-likeness (QED) is 0.535. The average molecular weight is 446 g/mol. The van der Waals surface area contributed by atoms with Gasteiger partial charge in [-0.15, -0.1) is 0 Å². The molecule has 0 fully saturated rings. The summed E-state index contributed by atoms with van der Waals surface area (Å²) in [6.07, 6.45) is 2.66. The maximum Gasteiger partial charge on any atom is 0.339 e. The number of hydrogen-bond acceptors (Lipinski definition) is 5. The van der Waals surface area contributed by atoms with Crippen molar-refractivity contribution in [2.75, 3.05) is 25.0 Å². The first-order chi connectivity index (χ1) is 16.0. The molecule has 0 radical (unpaired) electrons. The first kappa shape index (κ1) is 22.9. The number of carbonyl (C=O) groups excluding carboxylic acids is 2. The standard InChI is InChI=1S/C27H31N3O3/c1-4-14-30-15-13-23-21(16-30)25(20-11-6-7-12-22(20)28-23)27(32)33-17-24(31)29-26-18(3)9-8-10-19(26)5-2/h6-12H,4-5,13-17H2,1-3H3,(H,29,31). The number of nitrogens with zero attached hydrogens (tertiary/aromatic N) is 2. The van der Waals surface area contributed by atoms with Crippen molar-refractivity contribution in [1.82, 2.24) is 9.88 Å². The summed E-state index contributed by atoms with van der Waals surface area (Å²) in [5.74, 6) is -0.814. The zero-order valence-corrected chi connectivity index (χ0v) is 19.6. The lowest BCUT2D eigenvalue weighted by Crippen LogP contribution is -2.33. The molecule has 0 bridgehead atoms. The molecular formula is C27H31N3O3. The Hall–Kier alpha value is -3.25. The molecule has 0 spiro atoms. The zero-order chi connectivity index (χ0) is 23.4. The summed E-state index contributed by atoms with van der Waals surface area (Å²) in [4.78, 5) is 33.1. The summed E-state index contributed by atoms with van der Waals surface area (Å²) in [5.41, 5.74) is 6.02. The van der Waals surface area contributed by atoms with Crippen molar-refractivity contribution in [2.24, 2.45) is 0 Å². The Balaban J connectivity index is 1.57. The highest BCUT2D eigenvalue weighted by Gasteiger charge is 2.26. The number of para-hydroxylation sites is 2. The van der Waals surface area contributed by atoms with Crippen molar-refractivity contribution in [3.05, 3.63) is 70.4 Å². The van der Waals surface area contributed by atoms with Crippen LogP contribution in [0.2, 0.25) is 0 Å². The minimum atomic E-state index is -0.473. The third kappa shape index (κ3) is 4.91. The largest absolute Gasteiger partial charge is 0.452 e. The SMILES string of the molecule is CCCN1CCc2nc3ccccc3c(C(=O)OCC(=O)Nc3c(C)cccc3CC)c2C1. The number of anilines is 1. The molecule has 3 aromatic rings. The summed E-state index contributed by atoms with van der Waals surface area (Å²) in [6, 6.07) is 13.6. The lowest BCUT2D eigenvalue weighted by Gasteiger charge is -2.29. The Morgan fingerprint density at radius 3 is 2.73 bits per heavy atom. The van der Waals surface area contributed by atoms with E-state index in [0.717, 1.165) is 71.3 Å². The molecule has 2 heterocycles. The maximum absolute atomic E-state index is 13.3. The lowest BCUT2D eigenvalue weighted by atomic mass is 9.95. The van der Waals surface area contributed by atoms with Crippen LogP contribution in [0, 0.1) is 6.92 Å². The van der Waals surface area contributed by atoms with Crippen LogP contribution in [-0.2, 0) is 28.9 Å². The van der Waals surface area contributed by atoms with Crippen LogP contribution in [0.4, 0.5) is 5.69 Å². The second-order valence-electron chi connectivity index (χ2n) is 8.54. The number of aryl methyl sites for hydroxylation is 2. The number of benzene rings is 2. The summed E-state index contributed by atoms with van der Waals surface area (Å²) in [5, 5.41) is 3.69. The predicted octanol–water partition coefficient (Wildman–Crippen LogP) is 4.67. The second kappa shape index (κ2) is 10.1. The highest BCUT2D eigenvalue weighted by atomic mass is 16.5. The predicted molar refractivity (Wildman–Crippen MR) is 130 cm³/mol. The number of amides is 1. The number of fused-ring (bicyclic) bond motifs is 2. The molecule has 6 nitrogen and oxygen atoms in total. The van der Waals surface area contributed by atoms with Gasteiger partial charge >= 0.3 is 5.97 Å². The highest BCUT2D eigenvalue weighted by molar-refractivity contribution is 6.06. The van der Waals surface area contributed by atoms with Crippen molar-refractivity contribution in [1.29, 1.82) is 0 Å². The molecule has 172 valence electrons. The third-order valence-corrected chi connectivity index (χ3v) is 6.21. The molecule has 1 amide bonds. The molecular weight excluding hydrogens is 414 g/mol. The molecule has 1 aliphatic rings. The van der Waals surface area contributed by atoms with Gasteiger partial charge in [-0.2, -0.15) is 0 Å². The molecule has 1 aromatic heterocycles. The van der Waals surface area contributed by atoms with Crippen molar-refractivity contribution < 1.29 is 14.3 Å². The van der Waals surface area contributed by atoms with E-state index in [1.54, 1.807) is 0 Å². The second-order valence-corrected chi connectivity index (χ2v) is 8.54. The molecule has 0 aliphatic carbocycles. The van der Waals surface area contributed by atoms with Crippen LogP contribution in [0.15, 0.2) is 42.5 Å². The molecule has 0 atom stereocenters. The number of pyridine rings is 1. The summed E-state index contributed by atoms with van der Waals surface area (Å²) >= 11 is 0. The van der Waals surface area contributed by atoms with Crippen molar-refractivity contribution >= 4 is 28.5 Å². The van der Waals surface area contributed by atoms with E-state index in [2.05, 4.69) is 17.1 Å². The summed E-state index contributed by atoms with van der Waals surface area (Å²) in [7, 11) is 0. The van der Waals surface area contributed by atoms with Crippen molar-refractivity contribution in [3.8, 4) is 0 Å². The van der Waals surface area contributed by atoms with Gasteiger partial charge in [-0.1, -0.05) is 50.2 Å². The minimum absolute atomic E-state index is 0.333. The topological polar surface area (TPSA) is 71.5 Å². The van der Waals surface area contributed by atoms with Crippen LogP contribution in [0.25, 0.3) is 10.9 Å². The summed E-state index contributed by atoms with van der Waals surface area (Å²) < 4.78 is 5.55. The molecule has 6 heteroatoms. The Bertz CT molecular complexity index is 1190. The first-order valence-corrected chi connectivity index (χ1v) is 11.7. The van der Waals surface area contributed by atoms with E-state index in [9.17, 15) is 9.59 Å². The Labute approximate surface area is 195 Å². The average Bonchev–Trinajstić information content (AvgIpc) is 2.82. The van der Waals surface area contributed by atoms with Gasteiger partial charge in [-0.3, -0.25) is 14.7 Å². The van der Waals surface area contributed by atoms with E-state index in [1.165, 1.54) is 0 Å². The fourth-order valence-corrected chi connectivity index (χ4v) is 4.57. The Morgan fingerprint density at radius 2 is 1.94 bits per heavy atom. The summed E-state index contributed by atoms with van der Waals surface area (Å²) in [6.45, 7) is 8.39. The van der Waals surface area contributed by atoms with Crippen molar-refractivity contribution in [3.63, 3.8) is 0 Å². The van der Waals surface area contributed by atoms with Crippen LogP contribution in [0.5, 0.6) is 0 Å². The Morgan fingerprint density at radius 1 is 1.12 bits per heavy atom. The van der Waals surface area contributed by atoms with E-state index >= 15 is 0 Å². The van der Waals surface area contributed by atoms with E-state index in [1.807, 2.05) is 56.3 Å². The van der Waals surface area contributed by atoms with Gasteiger partial charge in [-0.25, -0.2) is 4.79 Å². The molecule has 0 saturated heterocycles. The van der Waals surface area contributed by atoms with Gasteiger partial charge in [0, 0.05) is 41.8 Å². The van der Waals surface area contributed by atoms with Gasteiger partial charge in [0.15, 0.2) is 6.61 Å². The smallest absolute Gasteiger partial charge is 0.339 e. The van der Waals surface area contributed by atoms with E-state index < -0.39 is 5.97 Å². The molecule has 0 unspecified atom stereocenters. The minimum Gasteiger partial charge on any atom is -0.452 e. The number of carbonyl (C=O) groups is 2. The van der Waals surface area contributed by atoms with Crippen LogP contribution in [-0.4, -0.2) is 41.5 Å². The van der Waals surface area contributed by atoms with Crippen LogP contribution < -0.4 is 5.32 Å². The van der Waals surface area contributed by atoms with E-state index in [4.69, 9.17) is 9.72 Å². The number of esters is 1. The van der Waals surface area contributed by atoms with E-state index in [0.29, 0.717) is 12.1 Å². The van der Waals surface area contributed by atoms with Gasteiger partial charge in [0.2, 0.25) is 0 Å². The molecule has 33 heavy (non-hydrogen) atoms. The number of ether oxygens (including phenoxy) is 1. The van der Waals surface area contributed by atoms with Crippen LogP contribution in [0.1, 0.15) is 53.0 Å². The van der Waals surface area contributed by atoms with Crippen molar-refractivity contribution in [2.45, 2.75) is 46.6 Å². The molecule has 0 saturated carbocycles. The van der Waals surface area contributed by atoms with Gasteiger partial charge in [-0.05, 0) is 43.5 Å². The normalized spacial score (nSPS) is 13.5. The number of rotatable bonds is 7. The van der Waals surface area contributed by atoms with Gasteiger partial charge in [0.25, 0.3) is 5.91 Å². The zero-order valence-electron chi connectivity index (χ0n) is 19.6. The van der Waals surface area contributed by atoms with Crippen LogP contribution in [0.3, 0.4) is 0 Å². The lowest BCUT2D eigenvalue weighted by molar-refractivity contribution is -0.119. The molecule has 1 aliphatic heterocycles. The molecule has 4 rings (SSSR count). The monoisotopic (exact) mass is 445 g/mol. The molecule has 2 aromatic carbocycles. The van der Waals surface area contributed by atoms with Crippen LogP contribution >= 0.6 is 0 Å². The number of aromatic nitrogens is 1. The van der Waals surface area contributed by atoms with Gasteiger partial charge < -0.3 is 10.1 Å². The Kier molecular flexibility index (Phi) is 7.04. The third-order valence-electron chi connectivity index (χ3n) is 6.21.